The minimum absolute atomic E-state index is 0.00270. The van der Waals surface area contributed by atoms with E-state index in [2.05, 4.69) is 5.32 Å². The predicted molar refractivity (Wildman–Crippen MR) is 244 cm³/mol. The molecule has 0 saturated carbocycles. The first-order chi connectivity index (χ1) is 31.7. The molecule has 0 amide bonds. The number of nitrogens with one attached hydrogen (secondary N) is 1. The van der Waals surface area contributed by atoms with E-state index in [0.29, 0.717) is 118 Å². The molecule has 65 heavy (non-hydrogen) atoms. The van der Waals surface area contributed by atoms with Gasteiger partial charge in [0.15, 0.2) is 0 Å². The first-order valence-corrected chi connectivity index (χ1v) is 25.0. The number of ether oxygens (including phenoxy) is 9. The summed E-state index contributed by atoms with van der Waals surface area (Å²) in [7, 11) is 0. The Morgan fingerprint density at radius 2 is 1.09 bits per heavy atom. The molecule has 1 N–H and O–H groups in total. The van der Waals surface area contributed by atoms with Crippen molar-refractivity contribution >= 4 is 11.9 Å². The van der Waals surface area contributed by atoms with Crippen molar-refractivity contribution < 1.29 is 76.9 Å². The summed E-state index contributed by atoms with van der Waals surface area (Å²) in [5, 5.41) is 3.64. The van der Waals surface area contributed by atoms with Gasteiger partial charge in [-0.2, -0.15) is 0 Å². The summed E-state index contributed by atoms with van der Waals surface area (Å²) in [6.45, 7) is 13.1. The molecule has 356 valence electrons. The van der Waals surface area contributed by atoms with Crippen LogP contribution in [0.1, 0.15) is 75.1 Å². The number of unbranched alkanes of at least 4 members (excludes halogenated alkanes) is 2. The summed E-state index contributed by atoms with van der Waals surface area (Å²) >= 11 is -0.598. The fourth-order valence-electron chi connectivity index (χ4n) is 7.29. The van der Waals surface area contributed by atoms with Crippen molar-refractivity contribution in [2.75, 3.05) is 90.4 Å². The number of alkyl halides is 1. The van der Waals surface area contributed by atoms with Gasteiger partial charge in [0.25, 0.3) is 0 Å². The molecule has 1 aliphatic heterocycles. The van der Waals surface area contributed by atoms with Gasteiger partial charge in [0.2, 0.25) is 0 Å². The van der Waals surface area contributed by atoms with Crippen LogP contribution in [-0.2, 0) is 26.8 Å². The number of aryl methyl sites for hydroxylation is 4. The van der Waals surface area contributed by atoms with Gasteiger partial charge in [-0.3, -0.25) is 0 Å². The van der Waals surface area contributed by atoms with E-state index in [1.54, 1.807) is 0 Å². The topological polar surface area (TPSA) is 138 Å². The SMILES string of the molecule is Cc1cc(C)cc(C(=O)OCCCCCNCC(CCCOC(=O)c2cc(C)cc(C)c2)[C@H]2COCCOc3ccccc3OCCOC[I-]OCCOc3ccccc3OCCO2)c1. The Kier molecular flexibility index (Phi) is 23.8. The molecule has 0 radical (unpaired) electrons. The number of fused-ring (bicyclic) bond motifs is 2. The van der Waals surface area contributed by atoms with Crippen LogP contribution in [0.15, 0.2) is 84.9 Å². The minimum Gasteiger partial charge on any atom is -0.0447 e. The number of hydrogen-bond acceptors (Lipinski definition) is 13. The Labute approximate surface area is 395 Å². The summed E-state index contributed by atoms with van der Waals surface area (Å²) in [4.78, 5) is 25.6. The second-order valence-electron chi connectivity index (χ2n) is 15.9. The fraction of sp³-hybridized carbons (Fsp3) is 0.490. The standard InChI is InChI=1S/C51H67INO12/c1-38-29-39(2)32-43(31-38)50(54)63-19-11-5-10-18-53-35-42(13-12-20-64-51(55)44-33-40(3)30-41(4)34-44)49-36-56-21-23-58-45-14-6-7-15-46(45)59-24-22-57-37-52-65-28-27-61-48-17-9-8-16-47(48)60-25-26-62-49/h6-9,14-17,29-34,42,49,53H,5,10-13,18-28,35-37H2,1-4H3/q-1/t42?,49-/m1/s1. The largest absolute Gasteiger partial charge is 0.0447 e. The molecule has 14 heteroatoms. The molecule has 0 fully saturated rings. The monoisotopic (exact) mass is 1010 g/mol. The van der Waals surface area contributed by atoms with Gasteiger partial charge in [-0.1, -0.05) is 34.4 Å². The van der Waals surface area contributed by atoms with Crippen molar-refractivity contribution in [3.8, 4) is 23.0 Å². The fourth-order valence-corrected chi connectivity index (χ4v) is 8.45. The smallest absolute Gasteiger partial charge is 0.0447 e. The van der Waals surface area contributed by atoms with Gasteiger partial charge in [-0.15, -0.1) is 0 Å². The predicted octanol–water partition coefficient (Wildman–Crippen LogP) is 5.42. The quantitative estimate of drug-likeness (QED) is 0.0704. The summed E-state index contributed by atoms with van der Waals surface area (Å²) in [6.07, 6.45) is 3.59. The van der Waals surface area contributed by atoms with E-state index in [4.69, 9.17) is 45.7 Å². The number of hydrogen-bond donors (Lipinski definition) is 1. The zero-order valence-corrected chi connectivity index (χ0v) is 40.6. The van der Waals surface area contributed by atoms with E-state index in [0.717, 1.165) is 48.1 Å². The van der Waals surface area contributed by atoms with E-state index in [1.807, 2.05) is 113 Å². The van der Waals surface area contributed by atoms with Crippen LogP contribution in [0.3, 0.4) is 0 Å². The molecule has 1 unspecified atom stereocenters. The van der Waals surface area contributed by atoms with E-state index >= 15 is 0 Å². The van der Waals surface area contributed by atoms with Gasteiger partial charge in [-0.05, 0) is 90.6 Å². The van der Waals surface area contributed by atoms with E-state index in [1.165, 1.54) is 0 Å². The molecule has 0 bridgehead atoms. The molecule has 0 aromatic heterocycles. The van der Waals surface area contributed by atoms with E-state index in [-0.39, 0.29) is 37.2 Å². The van der Waals surface area contributed by atoms with Gasteiger partial charge < -0.3 is 14.8 Å². The molecular weight excluding hydrogens is 945 g/mol. The molecule has 0 spiro atoms. The van der Waals surface area contributed by atoms with Crippen LogP contribution >= 0.6 is 0 Å². The molecule has 13 nitrogen and oxygen atoms in total. The van der Waals surface area contributed by atoms with E-state index in [9.17, 15) is 9.59 Å². The molecule has 4 aromatic rings. The van der Waals surface area contributed by atoms with Crippen LogP contribution in [0.2, 0.25) is 0 Å². The van der Waals surface area contributed by atoms with Crippen molar-refractivity contribution in [3.63, 3.8) is 0 Å². The number of esters is 2. The van der Waals surface area contributed by atoms with Crippen molar-refractivity contribution in [2.24, 2.45) is 5.92 Å². The van der Waals surface area contributed by atoms with Crippen molar-refractivity contribution in [1.82, 2.24) is 5.32 Å². The molecule has 5 rings (SSSR count). The summed E-state index contributed by atoms with van der Waals surface area (Å²) in [6, 6.07) is 26.6. The number of para-hydroxylation sites is 4. The molecule has 4 aromatic carbocycles. The second-order valence-corrected chi connectivity index (χ2v) is 17.8. The van der Waals surface area contributed by atoms with Crippen LogP contribution in [0.5, 0.6) is 23.0 Å². The number of benzene rings is 4. The van der Waals surface area contributed by atoms with Gasteiger partial charge in [-0.25, -0.2) is 9.59 Å². The number of carbonyl (C=O) groups excluding carboxylic acids is 2. The van der Waals surface area contributed by atoms with Crippen molar-refractivity contribution in [3.05, 3.63) is 118 Å². The zero-order valence-electron chi connectivity index (χ0n) is 38.4. The molecule has 0 saturated heterocycles. The van der Waals surface area contributed by atoms with E-state index < -0.39 is 21.6 Å². The molecule has 1 heterocycles. The maximum Gasteiger partial charge on any atom is -0.0447 e. The van der Waals surface area contributed by atoms with Gasteiger partial charge >= 0.3 is 217 Å². The Bertz CT molecular complexity index is 1970. The maximum atomic E-state index is 13.0. The third-order valence-corrected chi connectivity index (χ3v) is 11.8. The number of carbonyl (C=O) groups is 2. The summed E-state index contributed by atoms with van der Waals surface area (Å²) in [5.74, 6) is 1.90. The summed E-state index contributed by atoms with van der Waals surface area (Å²) < 4.78 is 60.6. The first-order valence-electron chi connectivity index (χ1n) is 22.6. The third-order valence-electron chi connectivity index (χ3n) is 10.3. The second kappa shape index (κ2) is 30.0. The zero-order chi connectivity index (χ0) is 45.9. The average molecular weight is 1010 g/mol. The van der Waals surface area contributed by atoms with Crippen molar-refractivity contribution in [1.29, 1.82) is 0 Å². The molecular formula is C51H67INO12-. The molecule has 2 atom stereocenters. The summed E-state index contributed by atoms with van der Waals surface area (Å²) in [5.41, 5.74) is 5.24. The molecule has 0 aliphatic carbocycles. The van der Waals surface area contributed by atoms with Gasteiger partial charge in [0.1, 0.15) is 0 Å². The molecule has 1 aliphatic rings. The first kappa shape index (κ1) is 51.5. The number of halogens is 1. The Balaban J connectivity index is 1.20. The third kappa shape index (κ3) is 19.9. The van der Waals surface area contributed by atoms with Crippen LogP contribution < -0.4 is 45.9 Å². The van der Waals surface area contributed by atoms with Crippen LogP contribution in [0.4, 0.5) is 0 Å². The minimum atomic E-state index is -0.598. The number of rotatable bonds is 15. The van der Waals surface area contributed by atoms with Crippen LogP contribution in [0, 0.1) is 33.6 Å². The maximum absolute atomic E-state index is 13.0. The van der Waals surface area contributed by atoms with Crippen LogP contribution in [-0.4, -0.2) is 108 Å². The van der Waals surface area contributed by atoms with Crippen LogP contribution in [0.25, 0.3) is 0 Å². The van der Waals surface area contributed by atoms with Crippen molar-refractivity contribution in [2.45, 2.75) is 65.9 Å². The Morgan fingerprint density at radius 3 is 1.65 bits per heavy atom. The Hall–Kier alpha value is -4.45. The average Bonchev–Trinajstić information content (AvgIpc) is 3.28. The Morgan fingerprint density at radius 1 is 0.600 bits per heavy atom. The van der Waals surface area contributed by atoms with Gasteiger partial charge in [0, 0.05) is 6.54 Å². The normalized spacial score (nSPS) is 16.5. The van der Waals surface area contributed by atoms with Gasteiger partial charge in [0.05, 0.1) is 24.3 Å².